The van der Waals surface area contributed by atoms with Crippen molar-refractivity contribution < 1.29 is 4.79 Å². The van der Waals surface area contributed by atoms with E-state index in [0.717, 1.165) is 37.0 Å². The maximum atomic E-state index is 9.79. The average Bonchev–Trinajstić information content (AvgIpc) is 3.36. The highest BCUT2D eigenvalue weighted by Gasteiger charge is 2.38. The minimum Gasteiger partial charge on any atom is -0.374 e. The van der Waals surface area contributed by atoms with Crippen LogP contribution in [0.4, 0.5) is 5.69 Å². The van der Waals surface area contributed by atoms with Crippen LogP contribution >= 0.6 is 0 Å². The monoisotopic (exact) mass is 369 g/mol. The van der Waals surface area contributed by atoms with Crippen molar-refractivity contribution in [3.05, 3.63) is 29.3 Å². The van der Waals surface area contributed by atoms with Crippen molar-refractivity contribution in [1.29, 1.82) is 0 Å². The van der Waals surface area contributed by atoms with Gasteiger partial charge in [0.05, 0.1) is 0 Å². The summed E-state index contributed by atoms with van der Waals surface area (Å²) in [5, 5.41) is 7.26. The quantitative estimate of drug-likeness (QED) is 0.783. The highest BCUT2D eigenvalue weighted by Crippen LogP contribution is 2.43. The molecule has 1 aromatic rings. The number of likely N-dealkylation sites (N-methyl/N-ethyl adjacent to an activating group) is 1. The Morgan fingerprint density at radius 2 is 2.04 bits per heavy atom. The van der Waals surface area contributed by atoms with Crippen molar-refractivity contribution in [3.8, 4) is 0 Å². The number of anilines is 1. The van der Waals surface area contributed by atoms with Gasteiger partial charge in [0.2, 0.25) is 0 Å². The van der Waals surface area contributed by atoms with Gasteiger partial charge < -0.3 is 20.3 Å². The molecule has 2 unspecified atom stereocenters. The van der Waals surface area contributed by atoms with Gasteiger partial charge in [0.1, 0.15) is 6.29 Å². The van der Waals surface area contributed by atoms with Gasteiger partial charge in [-0.1, -0.05) is 18.6 Å². The normalized spacial score (nSPS) is 27.4. The van der Waals surface area contributed by atoms with Crippen molar-refractivity contribution >= 4 is 12.0 Å². The van der Waals surface area contributed by atoms with Crippen LogP contribution in [0.5, 0.6) is 0 Å². The largest absolute Gasteiger partial charge is 0.374 e. The average molecular weight is 370 g/mol. The molecule has 1 aromatic carbocycles. The summed E-state index contributed by atoms with van der Waals surface area (Å²) >= 11 is 0. The Labute approximate surface area is 164 Å². The number of aldehydes is 1. The number of hydrogen-bond donors (Lipinski definition) is 2. The van der Waals surface area contributed by atoms with Crippen molar-refractivity contribution in [2.75, 3.05) is 38.1 Å². The molecular weight excluding hydrogens is 334 g/mol. The standard InChI is InChI=1S/C18H27N3.C5H8O/c1-21-9-6-15-10-14(2-3-18(15)21)16-11-17(16)20-12-13-4-7-19-8-5-13;6-4-5-2-1-3-5/h2-3,10,13,16-17,19-20H,4-9,11-12H2,1H3;4-5H,1-3H2. The van der Waals surface area contributed by atoms with Crippen molar-refractivity contribution in [2.45, 2.75) is 56.9 Å². The van der Waals surface area contributed by atoms with Gasteiger partial charge in [-0.15, -0.1) is 0 Å². The number of nitrogens with zero attached hydrogens (tertiary/aromatic N) is 1. The molecule has 2 atom stereocenters. The number of fused-ring (bicyclic) bond motifs is 1. The fraction of sp³-hybridized carbons (Fsp3) is 0.696. The fourth-order valence-electron chi connectivity index (χ4n) is 4.59. The summed E-state index contributed by atoms with van der Waals surface area (Å²) in [4.78, 5) is 12.2. The van der Waals surface area contributed by atoms with Gasteiger partial charge in [0, 0.05) is 37.2 Å². The van der Waals surface area contributed by atoms with Gasteiger partial charge in [-0.05, 0) is 81.3 Å². The van der Waals surface area contributed by atoms with E-state index in [1.807, 2.05) is 0 Å². The molecule has 0 aromatic heterocycles. The summed E-state index contributed by atoms with van der Waals surface area (Å²) in [5.41, 5.74) is 4.56. The second kappa shape index (κ2) is 8.74. The van der Waals surface area contributed by atoms with Gasteiger partial charge in [-0.2, -0.15) is 0 Å². The van der Waals surface area contributed by atoms with Crippen LogP contribution in [0, 0.1) is 11.8 Å². The molecular formula is C23H35N3O. The molecule has 27 heavy (non-hydrogen) atoms. The molecule has 0 radical (unpaired) electrons. The predicted molar refractivity (Wildman–Crippen MR) is 112 cm³/mol. The number of hydrogen-bond acceptors (Lipinski definition) is 4. The lowest BCUT2D eigenvalue weighted by Crippen LogP contribution is -2.34. The number of piperidine rings is 1. The Balaban J connectivity index is 0.000000257. The third kappa shape index (κ3) is 4.72. The second-order valence-electron chi connectivity index (χ2n) is 8.94. The van der Waals surface area contributed by atoms with E-state index in [9.17, 15) is 4.79 Å². The van der Waals surface area contributed by atoms with Gasteiger partial charge in [-0.25, -0.2) is 0 Å². The zero-order valence-corrected chi connectivity index (χ0v) is 16.8. The fourth-order valence-corrected chi connectivity index (χ4v) is 4.59. The van der Waals surface area contributed by atoms with Crippen LogP contribution < -0.4 is 15.5 Å². The van der Waals surface area contributed by atoms with Gasteiger partial charge in [0.15, 0.2) is 0 Å². The first-order valence-corrected chi connectivity index (χ1v) is 11.0. The zero-order chi connectivity index (χ0) is 18.6. The first-order chi connectivity index (χ1) is 13.2. The minimum atomic E-state index is 0.435. The summed E-state index contributed by atoms with van der Waals surface area (Å²) in [5.74, 6) is 2.09. The van der Waals surface area contributed by atoms with Crippen LogP contribution in [0.25, 0.3) is 0 Å². The molecule has 0 spiro atoms. The first kappa shape index (κ1) is 18.9. The third-order valence-corrected chi connectivity index (χ3v) is 6.92. The van der Waals surface area contributed by atoms with Gasteiger partial charge in [0.25, 0.3) is 0 Å². The summed E-state index contributed by atoms with van der Waals surface area (Å²) in [7, 11) is 2.20. The molecule has 5 rings (SSSR count). The van der Waals surface area contributed by atoms with Crippen molar-refractivity contribution in [1.82, 2.24) is 10.6 Å². The second-order valence-corrected chi connectivity index (χ2v) is 8.94. The molecule has 2 aliphatic heterocycles. The Hall–Kier alpha value is -1.39. The SMILES string of the molecule is CN1CCc2cc(C3CC3NCC3CCNCC3)ccc21.O=CC1CCC1. The van der Waals surface area contributed by atoms with Crippen LogP contribution in [0.15, 0.2) is 18.2 Å². The minimum absolute atomic E-state index is 0.435. The van der Waals surface area contributed by atoms with E-state index in [1.54, 1.807) is 11.1 Å². The molecule has 4 aliphatic rings. The molecule has 0 amide bonds. The lowest BCUT2D eigenvalue weighted by atomic mass is 9.87. The smallest absolute Gasteiger partial charge is 0.123 e. The molecule has 4 heteroatoms. The lowest BCUT2D eigenvalue weighted by molar-refractivity contribution is -0.113. The maximum Gasteiger partial charge on any atom is 0.123 e. The molecule has 4 nitrogen and oxygen atoms in total. The van der Waals surface area contributed by atoms with Crippen LogP contribution in [-0.4, -0.2) is 45.6 Å². The van der Waals surface area contributed by atoms with Crippen LogP contribution in [0.1, 0.15) is 55.6 Å². The third-order valence-electron chi connectivity index (χ3n) is 6.92. The van der Waals surface area contributed by atoms with Crippen molar-refractivity contribution in [3.63, 3.8) is 0 Å². The number of carbonyl (C=O) groups is 1. The molecule has 2 N–H and O–H groups in total. The van der Waals surface area contributed by atoms with Crippen LogP contribution in [0.3, 0.4) is 0 Å². The number of nitrogens with one attached hydrogen (secondary N) is 2. The molecule has 3 fully saturated rings. The maximum absolute atomic E-state index is 9.79. The topological polar surface area (TPSA) is 44.4 Å². The lowest BCUT2D eigenvalue weighted by Gasteiger charge is -2.22. The van der Waals surface area contributed by atoms with E-state index in [1.165, 1.54) is 64.0 Å². The van der Waals surface area contributed by atoms with E-state index in [0.29, 0.717) is 5.92 Å². The van der Waals surface area contributed by atoms with Crippen LogP contribution in [-0.2, 0) is 11.2 Å². The molecule has 148 valence electrons. The van der Waals surface area contributed by atoms with E-state index in [4.69, 9.17) is 0 Å². The molecule has 0 bridgehead atoms. The van der Waals surface area contributed by atoms with Crippen LogP contribution in [0.2, 0.25) is 0 Å². The molecule has 2 aliphatic carbocycles. The molecule has 2 heterocycles. The Morgan fingerprint density at radius 1 is 1.22 bits per heavy atom. The summed E-state index contributed by atoms with van der Waals surface area (Å²) in [6.45, 7) is 4.81. The van der Waals surface area contributed by atoms with E-state index in [2.05, 4.69) is 40.8 Å². The summed E-state index contributed by atoms with van der Waals surface area (Å²) < 4.78 is 0. The van der Waals surface area contributed by atoms with Crippen molar-refractivity contribution in [2.24, 2.45) is 11.8 Å². The highest BCUT2D eigenvalue weighted by molar-refractivity contribution is 5.59. The summed E-state index contributed by atoms with van der Waals surface area (Å²) in [6.07, 6.45) is 9.85. The number of rotatable bonds is 5. The summed E-state index contributed by atoms with van der Waals surface area (Å²) in [6, 6.07) is 7.89. The predicted octanol–water partition coefficient (Wildman–Crippen LogP) is 3.11. The molecule has 2 saturated carbocycles. The zero-order valence-electron chi connectivity index (χ0n) is 16.8. The molecule has 1 saturated heterocycles. The first-order valence-electron chi connectivity index (χ1n) is 11.0. The number of benzene rings is 1. The highest BCUT2D eigenvalue weighted by atomic mass is 16.1. The van der Waals surface area contributed by atoms with Gasteiger partial charge in [-0.3, -0.25) is 0 Å². The van der Waals surface area contributed by atoms with E-state index >= 15 is 0 Å². The number of carbonyl (C=O) groups excluding carboxylic acids is 1. The Kier molecular flexibility index (Phi) is 6.14. The Bertz CT molecular complexity index is 637. The van der Waals surface area contributed by atoms with Gasteiger partial charge >= 0.3 is 0 Å². The van der Waals surface area contributed by atoms with E-state index < -0.39 is 0 Å². The Morgan fingerprint density at radius 3 is 2.70 bits per heavy atom. The van der Waals surface area contributed by atoms with E-state index in [-0.39, 0.29) is 0 Å².